The van der Waals surface area contributed by atoms with Gasteiger partial charge >= 0.3 is 0 Å². The van der Waals surface area contributed by atoms with Crippen LogP contribution in [0.2, 0.25) is 5.02 Å². The first kappa shape index (κ1) is 19.5. The Morgan fingerprint density at radius 1 is 0.893 bits per heavy atom. The zero-order valence-electron chi connectivity index (χ0n) is 15.2. The Bertz CT molecular complexity index is 976. The lowest BCUT2D eigenvalue weighted by atomic mass is 10.1. The highest BCUT2D eigenvalue weighted by Crippen LogP contribution is 2.22. The first-order valence-electron chi connectivity index (χ1n) is 8.71. The summed E-state index contributed by atoms with van der Waals surface area (Å²) in [5.74, 6) is -0.0247. The molecule has 3 aromatic carbocycles. The van der Waals surface area contributed by atoms with Crippen LogP contribution >= 0.6 is 11.6 Å². The van der Waals surface area contributed by atoms with Crippen LogP contribution in [0.4, 0.5) is 11.4 Å². The normalized spacial score (nSPS) is 11.4. The highest BCUT2D eigenvalue weighted by Gasteiger charge is 2.16. The van der Waals surface area contributed by atoms with E-state index in [1.165, 1.54) is 0 Å². The third-order valence-corrected chi connectivity index (χ3v) is 4.27. The van der Waals surface area contributed by atoms with Crippen molar-refractivity contribution in [2.75, 3.05) is 10.6 Å². The van der Waals surface area contributed by atoms with Gasteiger partial charge in [-0.15, -0.1) is 0 Å². The van der Waals surface area contributed by atoms with E-state index in [2.05, 4.69) is 10.6 Å². The molecule has 0 bridgehead atoms. The molecule has 1 atom stereocenters. The molecule has 0 radical (unpaired) electrons. The van der Waals surface area contributed by atoms with E-state index in [4.69, 9.17) is 16.3 Å². The SMILES string of the molecule is C[C@H](Oc1ccccc1)C(=O)Nc1cccc(C(=O)Nc2ccccc2Cl)c1. The number of carbonyl (C=O) groups is 2. The first-order chi connectivity index (χ1) is 13.5. The molecule has 0 aromatic heterocycles. The number of anilines is 2. The maximum Gasteiger partial charge on any atom is 0.265 e. The number of halogens is 1. The summed E-state index contributed by atoms with van der Waals surface area (Å²) in [5.41, 5.74) is 1.42. The van der Waals surface area contributed by atoms with E-state index >= 15 is 0 Å². The smallest absolute Gasteiger partial charge is 0.265 e. The average Bonchev–Trinajstić information content (AvgIpc) is 2.70. The maximum atomic E-state index is 12.5. The molecule has 0 unspecified atom stereocenters. The van der Waals surface area contributed by atoms with Crippen LogP contribution in [0.1, 0.15) is 17.3 Å². The lowest BCUT2D eigenvalue weighted by Gasteiger charge is -2.15. The second kappa shape index (κ2) is 9.06. The monoisotopic (exact) mass is 394 g/mol. The molecule has 28 heavy (non-hydrogen) atoms. The van der Waals surface area contributed by atoms with Crippen molar-refractivity contribution in [3.63, 3.8) is 0 Å². The van der Waals surface area contributed by atoms with Gasteiger partial charge in [0.2, 0.25) is 0 Å². The number of carbonyl (C=O) groups excluding carboxylic acids is 2. The fourth-order valence-corrected chi connectivity index (χ4v) is 2.68. The van der Waals surface area contributed by atoms with Crippen LogP contribution in [-0.2, 0) is 4.79 Å². The average molecular weight is 395 g/mol. The number of benzene rings is 3. The van der Waals surface area contributed by atoms with E-state index in [9.17, 15) is 9.59 Å². The van der Waals surface area contributed by atoms with Gasteiger partial charge in [0.15, 0.2) is 6.10 Å². The van der Waals surface area contributed by atoms with Gasteiger partial charge in [0, 0.05) is 11.3 Å². The van der Waals surface area contributed by atoms with E-state index < -0.39 is 6.10 Å². The predicted molar refractivity (Wildman–Crippen MR) is 111 cm³/mol. The molecule has 0 fully saturated rings. The van der Waals surface area contributed by atoms with Crippen LogP contribution in [-0.4, -0.2) is 17.9 Å². The summed E-state index contributed by atoms with van der Waals surface area (Å²) in [4.78, 5) is 24.9. The number of rotatable bonds is 6. The van der Waals surface area contributed by atoms with Crippen molar-refractivity contribution >= 4 is 34.8 Å². The minimum atomic E-state index is -0.692. The summed E-state index contributed by atoms with van der Waals surface area (Å²) in [5, 5.41) is 5.97. The molecule has 2 N–H and O–H groups in total. The minimum Gasteiger partial charge on any atom is -0.481 e. The summed E-state index contributed by atoms with van der Waals surface area (Å²) < 4.78 is 5.61. The van der Waals surface area contributed by atoms with Crippen LogP contribution in [0.25, 0.3) is 0 Å². The number of ether oxygens (including phenoxy) is 1. The van der Waals surface area contributed by atoms with Gasteiger partial charge in [-0.2, -0.15) is 0 Å². The predicted octanol–water partition coefficient (Wildman–Crippen LogP) is 5.00. The van der Waals surface area contributed by atoms with E-state index in [0.717, 1.165) is 0 Å². The maximum absolute atomic E-state index is 12.5. The summed E-state index contributed by atoms with van der Waals surface area (Å²) >= 11 is 6.07. The summed E-state index contributed by atoms with van der Waals surface area (Å²) in [6.07, 6.45) is -0.692. The number of hydrogen-bond donors (Lipinski definition) is 2. The van der Waals surface area contributed by atoms with Gasteiger partial charge in [-0.1, -0.05) is 48.0 Å². The molecule has 2 amide bonds. The van der Waals surface area contributed by atoms with Gasteiger partial charge in [0.1, 0.15) is 5.75 Å². The van der Waals surface area contributed by atoms with Crippen LogP contribution in [0.15, 0.2) is 78.9 Å². The van der Waals surface area contributed by atoms with E-state index in [0.29, 0.717) is 27.7 Å². The standard InChI is InChI=1S/C22H19ClN2O3/c1-15(28-18-10-3-2-4-11-18)21(26)24-17-9-7-8-16(14-17)22(27)25-20-13-6-5-12-19(20)23/h2-15H,1H3,(H,24,26)(H,25,27)/t15-/m0/s1. The molecule has 0 heterocycles. The summed E-state index contributed by atoms with van der Waals surface area (Å²) in [6.45, 7) is 1.66. The first-order valence-corrected chi connectivity index (χ1v) is 9.09. The van der Waals surface area contributed by atoms with Crippen molar-refractivity contribution in [1.82, 2.24) is 0 Å². The minimum absolute atomic E-state index is 0.312. The number of para-hydroxylation sites is 2. The number of amides is 2. The zero-order chi connectivity index (χ0) is 19.9. The van der Waals surface area contributed by atoms with E-state index in [1.54, 1.807) is 67.6 Å². The molecule has 142 valence electrons. The van der Waals surface area contributed by atoms with Crippen molar-refractivity contribution < 1.29 is 14.3 Å². The molecule has 5 nitrogen and oxygen atoms in total. The van der Waals surface area contributed by atoms with Gasteiger partial charge < -0.3 is 15.4 Å². The largest absolute Gasteiger partial charge is 0.481 e. The molecule has 0 aliphatic carbocycles. The van der Waals surface area contributed by atoms with Crippen molar-refractivity contribution in [3.8, 4) is 5.75 Å². The topological polar surface area (TPSA) is 67.4 Å². The molecular formula is C22H19ClN2O3. The molecule has 0 aliphatic rings. The Hall–Kier alpha value is -3.31. The van der Waals surface area contributed by atoms with Gasteiger partial charge in [-0.25, -0.2) is 0 Å². The van der Waals surface area contributed by atoms with Gasteiger partial charge in [-0.3, -0.25) is 9.59 Å². The lowest BCUT2D eigenvalue weighted by molar-refractivity contribution is -0.122. The summed E-state index contributed by atoms with van der Waals surface area (Å²) in [6, 6.07) is 22.7. The quantitative estimate of drug-likeness (QED) is 0.618. The van der Waals surface area contributed by atoms with E-state index in [-0.39, 0.29) is 11.8 Å². The van der Waals surface area contributed by atoms with Crippen molar-refractivity contribution in [1.29, 1.82) is 0 Å². The molecule has 3 rings (SSSR count). The van der Waals surface area contributed by atoms with Gasteiger partial charge in [0.25, 0.3) is 11.8 Å². The third kappa shape index (κ3) is 5.11. The molecule has 0 saturated heterocycles. The zero-order valence-corrected chi connectivity index (χ0v) is 15.9. The van der Waals surface area contributed by atoms with Crippen molar-refractivity contribution in [2.24, 2.45) is 0 Å². The van der Waals surface area contributed by atoms with E-state index in [1.807, 2.05) is 18.2 Å². The third-order valence-electron chi connectivity index (χ3n) is 3.94. The second-order valence-corrected chi connectivity index (χ2v) is 6.48. The number of nitrogens with one attached hydrogen (secondary N) is 2. The molecule has 0 saturated carbocycles. The highest BCUT2D eigenvalue weighted by atomic mass is 35.5. The molecular weight excluding hydrogens is 376 g/mol. The van der Waals surface area contributed by atoms with Crippen molar-refractivity contribution in [3.05, 3.63) is 89.4 Å². The Morgan fingerprint density at radius 3 is 2.36 bits per heavy atom. The molecule has 3 aromatic rings. The second-order valence-electron chi connectivity index (χ2n) is 6.08. The number of hydrogen-bond acceptors (Lipinski definition) is 3. The highest BCUT2D eigenvalue weighted by molar-refractivity contribution is 6.33. The van der Waals surface area contributed by atoms with Crippen LogP contribution in [0.5, 0.6) is 5.75 Å². The molecule has 0 spiro atoms. The van der Waals surface area contributed by atoms with Crippen LogP contribution in [0.3, 0.4) is 0 Å². The Balaban J connectivity index is 1.65. The fourth-order valence-electron chi connectivity index (χ4n) is 2.50. The van der Waals surface area contributed by atoms with Gasteiger partial charge in [0.05, 0.1) is 10.7 Å². The molecule has 6 heteroatoms. The fraction of sp³-hybridized carbons (Fsp3) is 0.0909. The van der Waals surface area contributed by atoms with Crippen LogP contribution in [0, 0.1) is 0 Å². The van der Waals surface area contributed by atoms with Gasteiger partial charge in [-0.05, 0) is 49.4 Å². The Morgan fingerprint density at radius 2 is 1.61 bits per heavy atom. The Labute approximate surface area is 168 Å². The Kier molecular flexibility index (Phi) is 6.29. The van der Waals surface area contributed by atoms with Crippen molar-refractivity contribution in [2.45, 2.75) is 13.0 Å². The summed E-state index contributed by atoms with van der Waals surface area (Å²) in [7, 11) is 0. The van der Waals surface area contributed by atoms with Crippen LogP contribution < -0.4 is 15.4 Å². The molecule has 0 aliphatic heterocycles. The lowest BCUT2D eigenvalue weighted by Crippen LogP contribution is -2.30.